The van der Waals surface area contributed by atoms with E-state index in [1.807, 2.05) is 0 Å². The lowest BCUT2D eigenvalue weighted by Crippen LogP contribution is -2.28. The minimum absolute atomic E-state index is 0.135. The quantitative estimate of drug-likeness (QED) is 0.441. The molecule has 17 heavy (non-hydrogen) atoms. The molecule has 4 heteroatoms. The summed E-state index contributed by atoms with van der Waals surface area (Å²) < 4.78 is 13.7. The van der Waals surface area contributed by atoms with Crippen molar-refractivity contribution >= 4 is 11.6 Å². The zero-order valence-corrected chi connectivity index (χ0v) is 10.9. The lowest BCUT2D eigenvalue weighted by Gasteiger charge is -2.17. The average molecular weight is 259 g/mol. The second kappa shape index (κ2) is 7.64. The Morgan fingerprint density at radius 2 is 2.12 bits per heavy atom. The summed E-state index contributed by atoms with van der Waals surface area (Å²) in [7, 11) is 0. The van der Waals surface area contributed by atoms with E-state index in [2.05, 4.69) is 12.3 Å². The van der Waals surface area contributed by atoms with Crippen LogP contribution in [-0.4, -0.2) is 0 Å². The van der Waals surface area contributed by atoms with Gasteiger partial charge in [-0.3, -0.25) is 11.3 Å². The minimum atomic E-state index is -0.295. The Balaban J connectivity index is 2.59. The van der Waals surface area contributed by atoms with E-state index in [-0.39, 0.29) is 11.9 Å². The molecule has 0 bridgehead atoms. The van der Waals surface area contributed by atoms with Gasteiger partial charge in [0.05, 0.1) is 0 Å². The SMILES string of the molecule is CCCCCCC(NN)c1ccc(Cl)cc1F. The van der Waals surface area contributed by atoms with Crippen LogP contribution in [0.3, 0.4) is 0 Å². The van der Waals surface area contributed by atoms with Gasteiger partial charge in [0.2, 0.25) is 0 Å². The molecule has 1 aromatic rings. The molecule has 1 unspecified atom stereocenters. The first-order chi connectivity index (χ1) is 8.19. The molecule has 0 heterocycles. The standard InChI is InChI=1S/C13H20ClFN2/c1-2-3-4-5-6-13(17-16)11-8-7-10(14)9-12(11)15/h7-9,13,17H,2-6,16H2,1H3. The highest BCUT2D eigenvalue weighted by Gasteiger charge is 2.14. The van der Waals surface area contributed by atoms with E-state index in [0.29, 0.717) is 10.6 Å². The third kappa shape index (κ3) is 4.62. The van der Waals surface area contributed by atoms with Crippen LogP contribution in [0.2, 0.25) is 5.02 Å². The first-order valence-corrected chi connectivity index (χ1v) is 6.48. The molecule has 2 nitrogen and oxygen atoms in total. The summed E-state index contributed by atoms with van der Waals surface area (Å²) in [5, 5.41) is 0.410. The Bertz CT molecular complexity index is 344. The van der Waals surface area contributed by atoms with E-state index in [9.17, 15) is 4.39 Å². The molecule has 96 valence electrons. The summed E-state index contributed by atoms with van der Waals surface area (Å²) in [6, 6.07) is 4.58. The Morgan fingerprint density at radius 1 is 1.35 bits per heavy atom. The number of hydrogen-bond acceptors (Lipinski definition) is 2. The second-order valence-electron chi connectivity index (χ2n) is 4.23. The van der Waals surface area contributed by atoms with Crippen LogP contribution in [-0.2, 0) is 0 Å². The highest BCUT2D eigenvalue weighted by molar-refractivity contribution is 6.30. The van der Waals surface area contributed by atoms with Gasteiger partial charge in [0.15, 0.2) is 0 Å². The molecule has 0 aliphatic rings. The smallest absolute Gasteiger partial charge is 0.129 e. The van der Waals surface area contributed by atoms with Gasteiger partial charge >= 0.3 is 0 Å². The number of rotatable bonds is 7. The largest absolute Gasteiger partial charge is 0.271 e. The fourth-order valence-corrected chi connectivity index (χ4v) is 2.05. The van der Waals surface area contributed by atoms with Gasteiger partial charge in [-0.2, -0.15) is 0 Å². The van der Waals surface area contributed by atoms with Crippen LogP contribution in [0.1, 0.15) is 50.6 Å². The van der Waals surface area contributed by atoms with Crippen LogP contribution in [0, 0.1) is 5.82 Å². The van der Waals surface area contributed by atoms with E-state index < -0.39 is 0 Å². The maximum Gasteiger partial charge on any atom is 0.129 e. The molecular formula is C13H20ClFN2. The van der Waals surface area contributed by atoms with Crippen molar-refractivity contribution in [2.45, 2.75) is 45.1 Å². The Labute approximate surface area is 107 Å². The molecule has 1 aromatic carbocycles. The van der Waals surface area contributed by atoms with E-state index >= 15 is 0 Å². The van der Waals surface area contributed by atoms with Gasteiger partial charge < -0.3 is 0 Å². The highest BCUT2D eigenvalue weighted by Crippen LogP contribution is 2.24. The second-order valence-corrected chi connectivity index (χ2v) is 4.67. The fraction of sp³-hybridized carbons (Fsp3) is 0.538. The van der Waals surface area contributed by atoms with Crippen molar-refractivity contribution < 1.29 is 4.39 Å². The van der Waals surface area contributed by atoms with Crippen molar-refractivity contribution in [2.24, 2.45) is 5.84 Å². The van der Waals surface area contributed by atoms with Crippen LogP contribution in [0.4, 0.5) is 4.39 Å². The van der Waals surface area contributed by atoms with Crippen molar-refractivity contribution in [2.75, 3.05) is 0 Å². The predicted octanol–water partition coefficient (Wildman–Crippen LogP) is 3.95. The van der Waals surface area contributed by atoms with Gasteiger partial charge in [0.25, 0.3) is 0 Å². The number of benzene rings is 1. The van der Waals surface area contributed by atoms with Gasteiger partial charge in [-0.15, -0.1) is 0 Å². The zero-order valence-electron chi connectivity index (χ0n) is 10.2. The van der Waals surface area contributed by atoms with Crippen molar-refractivity contribution in [3.8, 4) is 0 Å². The van der Waals surface area contributed by atoms with Crippen LogP contribution in [0.15, 0.2) is 18.2 Å². The fourth-order valence-electron chi connectivity index (χ4n) is 1.89. The lowest BCUT2D eigenvalue weighted by molar-refractivity contribution is 0.461. The monoisotopic (exact) mass is 258 g/mol. The van der Waals surface area contributed by atoms with Crippen molar-refractivity contribution in [1.82, 2.24) is 5.43 Å². The Morgan fingerprint density at radius 3 is 2.71 bits per heavy atom. The summed E-state index contributed by atoms with van der Waals surface area (Å²) in [6.07, 6.45) is 5.44. The van der Waals surface area contributed by atoms with Gasteiger partial charge in [0, 0.05) is 16.6 Å². The Hall–Kier alpha value is -0.640. The molecular weight excluding hydrogens is 239 g/mol. The first kappa shape index (κ1) is 14.4. The third-order valence-electron chi connectivity index (χ3n) is 2.89. The summed E-state index contributed by atoms with van der Waals surface area (Å²) >= 11 is 5.72. The molecule has 0 aliphatic carbocycles. The molecule has 0 radical (unpaired) electrons. The van der Waals surface area contributed by atoms with Crippen LogP contribution in [0.25, 0.3) is 0 Å². The molecule has 3 N–H and O–H groups in total. The third-order valence-corrected chi connectivity index (χ3v) is 3.12. The molecule has 0 saturated heterocycles. The minimum Gasteiger partial charge on any atom is -0.271 e. The molecule has 0 aromatic heterocycles. The number of hydrogen-bond donors (Lipinski definition) is 2. The normalized spacial score (nSPS) is 12.7. The summed E-state index contributed by atoms with van der Waals surface area (Å²) in [5.74, 6) is 5.18. The predicted molar refractivity (Wildman–Crippen MR) is 70.2 cm³/mol. The molecule has 0 spiro atoms. The van der Waals surface area contributed by atoms with Crippen molar-refractivity contribution in [3.63, 3.8) is 0 Å². The first-order valence-electron chi connectivity index (χ1n) is 6.10. The lowest BCUT2D eigenvalue weighted by atomic mass is 10.00. The van der Waals surface area contributed by atoms with Crippen LogP contribution in [0.5, 0.6) is 0 Å². The molecule has 1 rings (SSSR count). The summed E-state index contributed by atoms with van der Waals surface area (Å²) in [4.78, 5) is 0. The van der Waals surface area contributed by atoms with E-state index in [1.165, 1.54) is 18.9 Å². The summed E-state index contributed by atoms with van der Waals surface area (Å²) in [5.41, 5.74) is 3.26. The van der Waals surface area contributed by atoms with E-state index in [4.69, 9.17) is 17.4 Å². The van der Waals surface area contributed by atoms with Gasteiger partial charge in [-0.1, -0.05) is 50.3 Å². The highest BCUT2D eigenvalue weighted by atomic mass is 35.5. The van der Waals surface area contributed by atoms with Crippen molar-refractivity contribution in [1.29, 1.82) is 0 Å². The van der Waals surface area contributed by atoms with Gasteiger partial charge in [-0.05, 0) is 18.6 Å². The molecule has 0 amide bonds. The average Bonchev–Trinajstić information content (AvgIpc) is 2.31. The maximum absolute atomic E-state index is 13.7. The zero-order chi connectivity index (χ0) is 12.7. The summed E-state index contributed by atoms with van der Waals surface area (Å²) in [6.45, 7) is 2.16. The molecule has 0 saturated carbocycles. The van der Waals surface area contributed by atoms with Gasteiger partial charge in [-0.25, -0.2) is 4.39 Å². The van der Waals surface area contributed by atoms with Gasteiger partial charge in [0.1, 0.15) is 5.82 Å². The molecule has 0 aliphatic heterocycles. The van der Waals surface area contributed by atoms with Crippen molar-refractivity contribution in [3.05, 3.63) is 34.6 Å². The van der Waals surface area contributed by atoms with Crippen LogP contribution >= 0.6 is 11.6 Å². The Kier molecular flexibility index (Phi) is 6.48. The van der Waals surface area contributed by atoms with Crippen LogP contribution < -0.4 is 11.3 Å². The molecule has 1 atom stereocenters. The number of nitrogens with two attached hydrogens (primary N) is 1. The van der Waals surface area contributed by atoms with E-state index in [1.54, 1.807) is 12.1 Å². The molecule has 0 fully saturated rings. The number of nitrogens with one attached hydrogen (secondary N) is 1. The van der Waals surface area contributed by atoms with E-state index in [0.717, 1.165) is 19.3 Å². The number of hydrazine groups is 1. The number of halogens is 2. The maximum atomic E-state index is 13.7. The topological polar surface area (TPSA) is 38.0 Å². The number of unbranched alkanes of at least 4 members (excludes halogenated alkanes) is 3.